The van der Waals surface area contributed by atoms with Crippen LogP contribution in [0.3, 0.4) is 0 Å². The molecule has 0 atom stereocenters. The number of hydrogen-bond donors (Lipinski definition) is 1. The summed E-state index contributed by atoms with van der Waals surface area (Å²) in [5.41, 5.74) is 1.10. The second kappa shape index (κ2) is 3.12. The summed E-state index contributed by atoms with van der Waals surface area (Å²) in [6, 6.07) is 1.90. The third kappa shape index (κ3) is 1.52. The second-order valence-corrected chi connectivity index (χ2v) is 3.18. The monoisotopic (exact) mass is 180 g/mol. The van der Waals surface area contributed by atoms with E-state index in [1.54, 1.807) is 11.2 Å². The van der Waals surface area contributed by atoms with Crippen LogP contribution >= 0.6 is 0 Å². The van der Waals surface area contributed by atoms with Crippen LogP contribution in [-0.2, 0) is 6.54 Å². The number of hydrogen-bond acceptors (Lipinski definition) is 2. The van der Waals surface area contributed by atoms with Gasteiger partial charge in [0.05, 0.1) is 12.8 Å². The minimum atomic E-state index is -0.00389. The van der Waals surface area contributed by atoms with Crippen LogP contribution < -0.4 is 5.32 Å². The lowest BCUT2D eigenvalue weighted by molar-refractivity contribution is 0.211. The average Bonchev–Trinajstić information content (AvgIpc) is 2.65. The van der Waals surface area contributed by atoms with E-state index in [2.05, 4.69) is 5.32 Å². The fourth-order valence-corrected chi connectivity index (χ4v) is 1.40. The van der Waals surface area contributed by atoms with Gasteiger partial charge in [0.2, 0.25) is 0 Å². The van der Waals surface area contributed by atoms with E-state index in [1.807, 2.05) is 13.0 Å². The molecule has 70 valence electrons. The fraction of sp³-hybridized carbons (Fsp3) is 0.444. The first-order chi connectivity index (χ1) is 6.27. The largest absolute Gasteiger partial charge is 0.467 e. The van der Waals surface area contributed by atoms with Gasteiger partial charge in [-0.05, 0) is 18.6 Å². The Morgan fingerprint density at radius 2 is 2.54 bits per heavy atom. The third-order valence-electron chi connectivity index (χ3n) is 2.25. The summed E-state index contributed by atoms with van der Waals surface area (Å²) in [7, 11) is 0. The summed E-state index contributed by atoms with van der Waals surface area (Å²) >= 11 is 0. The minimum absolute atomic E-state index is 0.00389. The Kier molecular flexibility index (Phi) is 1.96. The maximum atomic E-state index is 11.2. The van der Waals surface area contributed by atoms with Gasteiger partial charge in [-0.25, -0.2) is 4.79 Å². The molecule has 1 aliphatic rings. The lowest BCUT2D eigenvalue weighted by Crippen LogP contribution is -2.27. The predicted octanol–water partition coefficient (Wildman–Crippen LogP) is 1.11. The average molecular weight is 180 g/mol. The van der Waals surface area contributed by atoms with E-state index in [0.29, 0.717) is 6.54 Å². The molecule has 0 unspecified atom stereocenters. The van der Waals surface area contributed by atoms with Crippen molar-refractivity contribution in [2.24, 2.45) is 0 Å². The van der Waals surface area contributed by atoms with Crippen molar-refractivity contribution >= 4 is 6.03 Å². The molecule has 0 aliphatic carbocycles. The van der Waals surface area contributed by atoms with E-state index in [0.717, 1.165) is 24.4 Å². The van der Waals surface area contributed by atoms with Crippen molar-refractivity contribution in [1.82, 2.24) is 10.2 Å². The Bertz CT molecular complexity index is 319. The van der Waals surface area contributed by atoms with E-state index in [9.17, 15) is 4.79 Å². The summed E-state index contributed by atoms with van der Waals surface area (Å²) in [6.45, 7) is 4.05. The first kappa shape index (κ1) is 8.16. The van der Waals surface area contributed by atoms with Crippen molar-refractivity contribution in [3.63, 3.8) is 0 Å². The van der Waals surface area contributed by atoms with Gasteiger partial charge in [-0.1, -0.05) is 0 Å². The highest BCUT2D eigenvalue weighted by Gasteiger charge is 2.20. The van der Waals surface area contributed by atoms with Crippen LogP contribution in [0.2, 0.25) is 0 Å². The van der Waals surface area contributed by atoms with Gasteiger partial charge in [-0.15, -0.1) is 0 Å². The molecule has 1 saturated heterocycles. The Labute approximate surface area is 76.5 Å². The molecule has 2 rings (SSSR count). The summed E-state index contributed by atoms with van der Waals surface area (Å²) < 4.78 is 5.25. The quantitative estimate of drug-likeness (QED) is 0.741. The normalized spacial score (nSPS) is 16.4. The molecule has 0 aromatic carbocycles. The number of aryl methyl sites for hydroxylation is 1. The van der Waals surface area contributed by atoms with Crippen molar-refractivity contribution < 1.29 is 9.21 Å². The van der Waals surface area contributed by atoms with Crippen molar-refractivity contribution in [3.8, 4) is 0 Å². The van der Waals surface area contributed by atoms with Gasteiger partial charge < -0.3 is 14.6 Å². The molecule has 2 heterocycles. The third-order valence-corrected chi connectivity index (χ3v) is 2.25. The van der Waals surface area contributed by atoms with E-state index in [1.165, 1.54) is 0 Å². The Morgan fingerprint density at radius 1 is 1.69 bits per heavy atom. The molecule has 0 radical (unpaired) electrons. The Balaban J connectivity index is 2.06. The van der Waals surface area contributed by atoms with E-state index < -0.39 is 0 Å². The minimum Gasteiger partial charge on any atom is -0.467 e. The van der Waals surface area contributed by atoms with Crippen LogP contribution in [0.15, 0.2) is 16.7 Å². The summed E-state index contributed by atoms with van der Waals surface area (Å²) in [4.78, 5) is 12.9. The van der Waals surface area contributed by atoms with Crippen molar-refractivity contribution in [3.05, 3.63) is 23.7 Å². The van der Waals surface area contributed by atoms with Crippen LogP contribution in [0.5, 0.6) is 0 Å². The molecule has 1 aromatic heterocycles. The van der Waals surface area contributed by atoms with Crippen molar-refractivity contribution in [1.29, 1.82) is 0 Å². The molecule has 1 aromatic rings. The van der Waals surface area contributed by atoms with Crippen molar-refractivity contribution in [2.45, 2.75) is 13.5 Å². The van der Waals surface area contributed by atoms with E-state index in [-0.39, 0.29) is 6.03 Å². The highest BCUT2D eigenvalue weighted by molar-refractivity contribution is 5.76. The molecule has 2 amide bonds. The first-order valence-corrected chi connectivity index (χ1v) is 4.33. The number of nitrogens with one attached hydrogen (secondary N) is 1. The molecule has 1 fully saturated rings. The molecule has 1 N–H and O–H groups in total. The van der Waals surface area contributed by atoms with Gasteiger partial charge >= 0.3 is 6.03 Å². The number of rotatable bonds is 2. The fourth-order valence-electron chi connectivity index (χ4n) is 1.40. The van der Waals surface area contributed by atoms with Gasteiger partial charge in [0.1, 0.15) is 5.76 Å². The number of nitrogens with zero attached hydrogens (tertiary/aromatic N) is 1. The predicted molar refractivity (Wildman–Crippen MR) is 47.3 cm³/mol. The lowest BCUT2D eigenvalue weighted by Gasteiger charge is -2.12. The summed E-state index contributed by atoms with van der Waals surface area (Å²) in [5, 5.41) is 2.75. The molecule has 4 heteroatoms. The highest BCUT2D eigenvalue weighted by Crippen LogP contribution is 2.12. The SMILES string of the molecule is Cc1ccoc1CN1CCNC1=O. The molecule has 1 aliphatic heterocycles. The number of urea groups is 1. The number of furan rings is 1. The smallest absolute Gasteiger partial charge is 0.317 e. The zero-order chi connectivity index (χ0) is 9.26. The zero-order valence-electron chi connectivity index (χ0n) is 7.54. The number of amides is 2. The lowest BCUT2D eigenvalue weighted by atomic mass is 10.3. The maximum Gasteiger partial charge on any atom is 0.317 e. The topological polar surface area (TPSA) is 45.5 Å². The Morgan fingerprint density at radius 3 is 3.08 bits per heavy atom. The van der Waals surface area contributed by atoms with E-state index in [4.69, 9.17) is 4.42 Å². The standard InChI is InChI=1S/C9H12N2O2/c1-7-2-5-13-8(7)6-11-4-3-10-9(11)12/h2,5H,3-4,6H2,1H3,(H,10,12). The summed E-state index contributed by atoms with van der Waals surface area (Å²) in [5.74, 6) is 0.872. The molecule has 4 nitrogen and oxygen atoms in total. The first-order valence-electron chi connectivity index (χ1n) is 4.33. The van der Waals surface area contributed by atoms with E-state index >= 15 is 0 Å². The molecule has 0 saturated carbocycles. The van der Waals surface area contributed by atoms with Crippen molar-refractivity contribution in [2.75, 3.05) is 13.1 Å². The van der Waals surface area contributed by atoms with Gasteiger partial charge in [0.15, 0.2) is 0 Å². The summed E-state index contributed by atoms with van der Waals surface area (Å²) in [6.07, 6.45) is 1.65. The van der Waals surface area contributed by atoms with Crippen LogP contribution in [0.25, 0.3) is 0 Å². The van der Waals surface area contributed by atoms with Crippen LogP contribution in [0.1, 0.15) is 11.3 Å². The van der Waals surface area contributed by atoms with Gasteiger partial charge in [-0.3, -0.25) is 0 Å². The zero-order valence-corrected chi connectivity index (χ0v) is 7.54. The number of carbonyl (C=O) groups excluding carboxylic acids is 1. The molecular weight excluding hydrogens is 168 g/mol. The van der Waals surface area contributed by atoms with Crippen LogP contribution in [0, 0.1) is 6.92 Å². The molecule has 0 spiro atoms. The number of carbonyl (C=O) groups is 1. The molecule has 0 bridgehead atoms. The Hall–Kier alpha value is -1.45. The molecule has 13 heavy (non-hydrogen) atoms. The second-order valence-electron chi connectivity index (χ2n) is 3.18. The van der Waals surface area contributed by atoms with Gasteiger partial charge in [-0.2, -0.15) is 0 Å². The highest BCUT2D eigenvalue weighted by atomic mass is 16.3. The van der Waals surface area contributed by atoms with Crippen LogP contribution in [0.4, 0.5) is 4.79 Å². The van der Waals surface area contributed by atoms with Gasteiger partial charge in [0.25, 0.3) is 0 Å². The van der Waals surface area contributed by atoms with Gasteiger partial charge in [0, 0.05) is 13.1 Å². The van der Waals surface area contributed by atoms with Crippen LogP contribution in [-0.4, -0.2) is 24.0 Å². The molecular formula is C9H12N2O2. The maximum absolute atomic E-state index is 11.2.